The standard InChI is InChI=1S/C27H35N5O4S/c33-21-3-1-2-19(14-21)26-28-24-16-23(37-25(24)27(29-26)31-8-12-36-13-9-31)18-32-5-4-22(34)15-20(32)17-30-6-10-35-11-7-30/h1-3,14,16,20,22,33-34H,4-13,15,17-18H2. The number of aromatic nitrogens is 2. The minimum atomic E-state index is -0.228. The van der Waals surface area contributed by atoms with E-state index in [4.69, 9.17) is 19.4 Å². The molecule has 0 spiro atoms. The molecule has 2 aromatic heterocycles. The molecule has 37 heavy (non-hydrogen) atoms. The van der Waals surface area contributed by atoms with Crippen molar-refractivity contribution in [2.45, 2.75) is 31.5 Å². The zero-order valence-corrected chi connectivity index (χ0v) is 21.9. The first kappa shape index (κ1) is 25.0. The molecule has 0 bridgehead atoms. The lowest BCUT2D eigenvalue weighted by Crippen LogP contribution is -2.51. The van der Waals surface area contributed by atoms with E-state index in [0.29, 0.717) is 25.1 Å². The number of phenolic OH excluding ortho intramolecular Hbond substituents is 1. The number of hydrogen-bond donors (Lipinski definition) is 2. The zero-order valence-electron chi connectivity index (χ0n) is 21.1. The summed E-state index contributed by atoms with van der Waals surface area (Å²) >= 11 is 1.77. The van der Waals surface area contributed by atoms with Crippen LogP contribution in [0.4, 0.5) is 5.82 Å². The molecule has 3 fully saturated rings. The SMILES string of the molecule is Oc1cccc(-c2nc(N3CCOCC3)c3sc(CN4CCC(O)CC4CN4CCOCC4)cc3n2)c1. The first-order valence-electron chi connectivity index (χ1n) is 13.3. The minimum Gasteiger partial charge on any atom is -0.508 e. The molecule has 0 radical (unpaired) electrons. The Hall–Kier alpha value is -2.34. The van der Waals surface area contributed by atoms with E-state index >= 15 is 0 Å². The van der Waals surface area contributed by atoms with Gasteiger partial charge in [-0.15, -0.1) is 11.3 Å². The van der Waals surface area contributed by atoms with E-state index in [-0.39, 0.29) is 11.9 Å². The second-order valence-electron chi connectivity index (χ2n) is 10.2. The van der Waals surface area contributed by atoms with E-state index in [9.17, 15) is 10.2 Å². The number of phenols is 1. The van der Waals surface area contributed by atoms with Gasteiger partial charge in [0.05, 0.1) is 42.7 Å². The highest BCUT2D eigenvalue weighted by molar-refractivity contribution is 7.19. The van der Waals surface area contributed by atoms with Crippen molar-refractivity contribution in [2.75, 3.05) is 70.6 Å². The molecular weight excluding hydrogens is 490 g/mol. The second-order valence-corrected chi connectivity index (χ2v) is 11.3. The summed E-state index contributed by atoms with van der Waals surface area (Å²) in [5.41, 5.74) is 1.75. The Balaban J connectivity index is 1.30. The van der Waals surface area contributed by atoms with Gasteiger partial charge in [-0.2, -0.15) is 0 Å². The Bertz CT molecular complexity index is 1210. The van der Waals surface area contributed by atoms with Crippen molar-refractivity contribution in [3.63, 3.8) is 0 Å². The molecule has 2 unspecified atom stereocenters. The van der Waals surface area contributed by atoms with E-state index in [0.717, 1.165) is 93.5 Å². The van der Waals surface area contributed by atoms with Gasteiger partial charge in [0, 0.05) is 62.3 Å². The summed E-state index contributed by atoms with van der Waals surface area (Å²) in [5.74, 6) is 1.78. The van der Waals surface area contributed by atoms with Crippen molar-refractivity contribution in [2.24, 2.45) is 0 Å². The van der Waals surface area contributed by atoms with Crippen molar-refractivity contribution in [1.82, 2.24) is 19.8 Å². The third-order valence-electron chi connectivity index (χ3n) is 7.56. The molecule has 3 aromatic rings. The van der Waals surface area contributed by atoms with Gasteiger partial charge in [-0.1, -0.05) is 12.1 Å². The summed E-state index contributed by atoms with van der Waals surface area (Å²) in [7, 11) is 0. The van der Waals surface area contributed by atoms with Crippen LogP contribution in [0.25, 0.3) is 21.6 Å². The summed E-state index contributed by atoms with van der Waals surface area (Å²) in [6.45, 7) is 9.15. The fourth-order valence-corrected chi connectivity index (χ4v) is 6.70. The summed E-state index contributed by atoms with van der Waals surface area (Å²) in [6, 6.07) is 9.66. The van der Waals surface area contributed by atoms with Crippen molar-refractivity contribution < 1.29 is 19.7 Å². The van der Waals surface area contributed by atoms with Gasteiger partial charge in [-0.3, -0.25) is 9.80 Å². The van der Waals surface area contributed by atoms with E-state index < -0.39 is 0 Å². The molecule has 10 heteroatoms. The average Bonchev–Trinajstić information content (AvgIpc) is 3.33. The van der Waals surface area contributed by atoms with Gasteiger partial charge in [-0.05, 0) is 31.0 Å². The van der Waals surface area contributed by atoms with Crippen LogP contribution in [-0.2, 0) is 16.0 Å². The van der Waals surface area contributed by atoms with Gasteiger partial charge in [0.2, 0.25) is 0 Å². The van der Waals surface area contributed by atoms with Gasteiger partial charge in [0.1, 0.15) is 5.75 Å². The lowest BCUT2D eigenvalue weighted by atomic mass is 9.98. The fourth-order valence-electron chi connectivity index (χ4n) is 5.56. The van der Waals surface area contributed by atoms with Crippen molar-refractivity contribution in [3.05, 3.63) is 35.2 Å². The number of aliphatic hydroxyl groups excluding tert-OH is 1. The van der Waals surface area contributed by atoms with Crippen LogP contribution in [-0.4, -0.2) is 108 Å². The van der Waals surface area contributed by atoms with E-state index in [1.165, 1.54) is 4.88 Å². The van der Waals surface area contributed by atoms with Crippen LogP contribution in [0.2, 0.25) is 0 Å². The van der Waals surface area contributed by atoms with Gasteiger partial charge in [-0.25, -0.2) is 9.97 Å². The molecule has 2 N–H and O–H groups in total. The van der Waals surface area contributed by atoms with Gasteiger partial charge in [0.25, 0.3) is 0 Å². The van der Waals surface area contributed by atoms with Gasteiger partial charge in [0.15, 0.2) is 11.6 Å². The first-order chi connectivity index (χ1) is 18.1. The van der Waals surface area contributed by atoms with Crippen LogP contribution < -0.4 is 4.90 Å². The van der Waals surface area contributed by atoms with E-state index in [1.807, 2.05) is 12.1 Å². The van der Waals surface area contributed by atoms with Gasteiger partial charge >= 0.3 is 0 Å². The quantitative estimate of drug-likeness (QED) is 0.504. The summed E-state index contributed by atoms with van der Waals surface area (Å²) < 4.78 is 12.2. The average molecular weight is 526 g/mol. The molecule has 198 valence electrons. The highest BCUT2D eigenvalue weighted by atomic mass is 32.1. The monoisotopic (exact) mass is 525 g/mol. The highest BCUT2D eigenvalue weighted by Gasteiger charge is 2.30. The first-order valence-corrected chi connectivity index (χ1v) is 14.1. The number of aliphatic hydroxyl groups is 1. The molecule has 1 aromatic carbocycles. The topological polar surface area (TPSA) is 94.4 Å². The summed E-state index contributed by atoms with van der Waals surface area (Å²) in [5, 5.41) is 20.5. The molecule has 5 heterocycles. The number of thiophene rings is 1. The molecular formula is C27H35N5O4S. The number of aromatic hydroxyl groups is 1. The molecule has 3 saturated heterocycles. The Kier molecular flexibility index (Phi) is 7.55. The third-order valence-corrected chi connectivity index (χ3v) is 8.67. The molecule has 3 aliphatic rings. The van der Waals surface area contributed by atoms with Crippen molar-refractivity contribution in [1.29, 1.82) is 0 Å². The fraction of sp³-hybridized carbons (Fsp3) is 0.556. The molecule has 9 nitrogen and oxygen atoms in total. The number of fused-ring (bicyclic) bond motifs is 1. The molecule has 0 saturated carbocycles. The number of hydrogen-bond acceptors (Lipinski definition) is 10. The van der Waals surface area contributed by atoms with Crippen LogP contribution >= 0.6 is 11.3 Å². The number of anilines is 1. The largest absolute Gasteiger partial charge is 0.508 e. The third kappa shape index (κ3) is 5.74. The number of ether oxygens (including phenoxy) is 2. The maximum atomic E-state index is 10.4. The van der Waals surface area contributed by atoms with Crippen LogP contribution in [0.3, 0.4) is 0 Å². The maximum absolute atomic E-state index is 10.4. The van der Waals surface area contributed by atoms with Crippen molar-refractivity contribution >= 4 is 27.4 Å². The molecule has 6 rings (SSSR count). The lowest BCUT2D eigenvalue weighted by Gasteiger charge is -2.41. The van der Waals surface area contributed by atoms with Crippen LogP contribution in [0.1, 0.15) is 17.7 Å². The van der Waals surface area contributed by atoms with Crippen LogP contribution in [0.5, 0.6) is 5.75 Å². The number of nitrogens with zero attached hydrogens (tertiary/aromatic N) is 5. The molecule has 3 aliphatic heterocycles. The number of morpholine rings is 2. The Morgan fingerprint density at radius 3 is 2.54 bits per heavy atom. The normalized spacial score (nSPS) is 24.1. The smallest absolute Gasteiger partial charge is 0.162 e. The number of likely N-dealkylation sites (tertiary alicyclic amines) is 1. The van der Waals surface area contributed by atoms with E-state index in [2.05, 4.69) is 20.8 Å². The molecule has 0 amide bonds. The minimum absolute atomic E-state index is 0.207. The zero-order chi connectivity index (χ0) is 25.2. The molecule has 2 atom stereocenters. The van der Waals surface area contributed by atoms with E-state index in [1.54, 1.807) is 23.5 Å². The summed E-state index contributed by atoms with van der Waals surface area (Å²) in [6.07, 6.45) is 1.39. The van der Waals surface area contributed by atoms with Crippen LogP contribution in [0, 0.1) is 0 Å². The van der Waals surface area contributed by atoms with Gasteiger partial charge < -0.3 is 24.6 Å². The second kappa shape index (κ2) is 11.2. The highest BCUT2D eigenvalue weighted by Crippen LogP contribution is 2.36. The lowest BCUT2D eigenvalue weighted by molar-refractivity contribution is -0.00710. The summed E-state index contributed by atoms with van der Waals surface area (Å²) in [4.78, 5) is 18.5. The number of piperidine rings is 1. The molecule has 0 aliphatic carbocycles. The Morgan fingerprint density at radius 2 is 1.76 bits per heavy atom. The Morgan fingerprint density at radius 1 is 0.973 bits per heavy atom. The van der Waals surface area contributed by atoms with Crippen molar-refractivity contribution in [3.8, 4) is 17.1 Å². The van der Waals surface area contributed by atoms with Crippen LogP contribution in [0.15, 0.2) is 30.3 Å². The number of benzene rings is 1. The predicted octanol–water partition coefficient (Wildman–Crippen LogP) is 2.56. The maximum Gasteiger partial charge on any atom is 0.162 e. The Labute approximate surface area is 221 Å². The number of rotatable bonds is 6. The predicted molar refractivity (Wildman–Crippen MR) is 144 cm³/mol.